The van der Waals surface area contributed by atoms with Gasteiger partial charge >= 0.3 is 5.97 Å². The maximum atomic E-state index is 10.5. The van der Waals surface area contributed by atoms with Gasteiger partial charge in [-0.15, -0.1) is 0 Å². The van der Waals surface area contributed by atoms with Crippen LogP contribution in [0.25, 0.3) is 0 Å². The Morgan fingerprint density at radius 2 is 1.95 bits per heavy atom. The van der Waals surface area contributed by atoms with Crippen LogP contribution in [-0.4, -0.2) is 44.1 Å². The lowest BCUT2D eigenvalue weighted by atomic mass is 10.1. The number of benzene rings is 1. The van der Waals surface area contributed by atoms with E-state index in [-0.39, 0.29) is 12.5 Å². The molecule has 0 aromatic heterocycles. The van der Waals surface area contributed by atoms with E-state index in [0.29, 0.717) is 25.6 Å². The van der Waals surface area contributed by atoms with Gasteiger partial charge in [0.2, 0.25) is 0 Å². The number of ether oxygens (including phenoxy) is 3. The first-order valence-electron chi connectivity index (χ1n) is 6.16. The summed E-state index contributed by atoms with van der Waals surface area (Å²) in [6.07, 6.45) is 0.0734. The molecule has 106 valence electrons. The first kappa shape index (κ1) is 15.5. The molecule has 1 rings (SSSR count). The summed E-state index contributed by atoms with van der Waals surface area (Å²) in [7, 11) is 1.63. The molecule has 1 atom stereocenters. The van der Waals surface area contributed by atoms with Crippen LogP contribution in [-0.2, 0) is 20.7 Å². The van der Waals surface area contributed by atoms with E-state index in [0.717, 1.165) is 5.56 Å². The second-order valence-corrected chi connectivity index (χ2v) is 4.20. The van der Waals surface area contributed by atoms with Crippen LogP contribution in [0.5, 0.6) is 5.75 Å². The quantitative estimate of drug-likeness (QED) is 0.691. The van der Waals surface area contributed by atoms with Gasteiger partial charge in [0.05, 0.1) is 25.7 Å². The normalized spacial score (nSPS) is 12.1. The lowest BCUT2D eigenvalue weighted by Gasteiger charge is -2.12. The van der Waals surface area contributed by atoms with Gasteiger partial charge in [-0.25, -0.2) is 0 Å². The van der Waals surface area contributed by atoms with Crippen LogP contribution in [0, 0.1) is 0 Å². The maximum absolute atomic E-state index is 10.5. The minimum absolute atomic E-state index is 0.0257. The highest BCUT2D eigenvalue weighted by Crippen LogP contribution is 2.12. The van der Waals surface area contributed by atoms with Crippen LogP contribution in [0.15, 0.2) is 24.3 Å². The summed E-state index contributed by atoms with van der Waals surface area (Å²) in [5, 5.41) is 8.65. The molecule has 0 radical (unpaired) electrons. The van der Waals surface area contributed by atoms with E-state index < -0.39 is 5.97 Å². The Balaban J connectivity index is 2.24. The fourth-order valence-electron chi connectivity index (χ4n) is 1.57. The zero-order chi connectivity index (χ0) is 14.1. The summed E-state index contributed by atoms with van der Waals surface area (Å²) in [5.41, 5.74) is 0.754. The number of carboxylic acid groups (broad SMARTS) is 1. The predicted molar refractivity (Wildman–Crippen MR) is 70.6 cm³/mol. The minimum Gasteiger partial charge on any atom is -0.491 e. The average molecular weight is 268 g/mol. The molecule has 5 nitrogen and oxygen atoms in total. The second-order valence-electron chi connectivity index (χ2n) is 4.20. The zero-order valence-electron chi connectivity index (χ0n) is 11.3. The molecule has 0 spiro atoms. The molecule has 0 fully saturated rings. The molecule has 1 aromatic rings. The van der Waals surface area contributed by atoms with E-state index in [4.69, 9.17) is 19.3 Å². The van der Waals surface area contributed by atoms with E-state index >= 15 is 0 Å². The van der Waals surface area contributed by atoms with Gasteiger partial charge in [0.1, 0.15) is 12.4 Å². The van der Waals surface area contributed by atoms with Crippen molar-refractivity contribution in [2.45, 2.75) is 19.4 Å². The molecule has 0 aliphatic heterocycles. The topological polar surface area (TPSA) is 65.0 Å². The fourth-order valence-corrected chi connectivity index (χ4v) is 1.57. The summed E-state index contributed by atoms with van der Waals surface area (Å²) < 4.78 is 15.9. The van der Waals surface area contributed by atoms with E-state index in [9.17, 15) is 4.79 Å². The molecule has 1 N–H and O–H groups in total. The Hall–Kier alpha value is -1.59. The molecule has 0 aliphatic carbocycles. The van der Waals surface area contributed by atoms with Gasteiger partial charge in [-0.05, 0) is 24.6 Å². The number of methoxy groups -OCH3 is 1. The standard InChI is InChI=1S/C14H20O5/c1-11(10-17-2)18-7-8-19-13-5-3-12(4-6-13)9-14(15)16/h3-6,11H,7-10H2,1-2H3,(H,15,16). The molecule has 0 aliphatic rings. The van der Waals surface area contributed by atoms with Gasteiger partial charge in [-0.3, -0.25) is 4.79 Å². The number of carbonyl (C=O) groups is 1. The Morgan fingerprint density at radius 1 is 1.26 bits per heavy atom. The van der Waals surface area contributed by atoms with Crippen LogP contribution in [0.4, 0.5) is 0 Å². The Kier molecular flexibility index (Phi) is 6.92. The summed E-state index contributed by atoms with van der Waals surface area (Å²) in [5.74, 6) is -0.133. The van der Waals surface area contributed by atoms with Crippen molar-refractivity contribution in [3.8, 4) is 5.75 Å². The number of carboxylic acids is 1. The molecule has 0 amide bonds. The molecular weight excluding hydrogens is 248 g/mol. The van der Waals surface area contributed by atoms with Crippen LogP contribution in [0.2, 0.25) is 0 Å². The zero-order valence-corrected chi connectivity index (χ0v) is 11.3. The summed E-state index contributed by atoms with van der Waals surface area (Å²) in [6.45, 7) is 3.43. The maximum Gasteiger partial charge on any atom is 0.307 e. The van der Waals surface area contributed by atoms with Crippen molar-refractivity contribution < 1.29 is 24.1 Å². The van der Waals surface area contributed by atoms with Gasteiger partial charge < -0.3 is 19.3 Å². The minimum atomic E-state index is -0.839. The predicted octanol–water partition coefficient (Wildman–Crippen LogP) is 1.74. The summed E-state index contributed by atoms with van der Waals surface area (Å²) in [4.78, 5) is 10.5. The van der Waals surface area contributed by atoms with Crippen molar-refractivity contribution in [1.82, 2.24) is 0 Å². The molecule has 1 aromatic carbocycles. The van der Waals surface area contributed by atoms with Gasteiger partial charge in [0.25, 0.3) is 0 Å². The molecule has 5 heteroatoms. The summed E-state index contributed by atoms with van der Waals surface area (Å²) >= 11 is 0. The number of hydrogen-bond acceptors (Lipinski definition) is 4. The molecule has 1 unspecified atom stereocenters. The van der Waals surface area contributed by atoms with Gasteiger partial charge in [-0.2, -0.15) is 0 Å². The lowest BCUT2D eigenvalue weighted by Crippen LogP contribution is -2.18. The van der Waals surface area contributed by atoms with Crippen molar-refractivity contribution in [2.75, 3.05) is 26.9 Å². The Bertz CT molecular complexity index is 374. The van der Waals surface area contributed by atoms with Gasteiger partial charge in [0, 0.05) is 7.11 Å². The second kappa shape index (κ2) is 8.50. The molecule has 19 heavy (non-hydrogen) atoms. The smallest absolute Gasteiger partial charge is 0.307 e. The highest BCUT2D eigenvalue weighted by molar-refractivity contribution is 5.70. The van der Waals surface area contributed by atoms with Crippen LogP contribution >= 0.6 is 0 Å². The first-order valence-corrected chi connectivity index (χ1v) is 6.16. The number of hydrogen-bond donors (Lipinski definition) is 1. The van der Waals surface area contributed by atoms with Gasteiger partial charge in [0.15, 0.2) is 0 Å². The monoisotopic (exact) mass is 268 g/mol. The van der Waals surface area contributed by atoms with Crippen molar-refractivity contribution in [3.63, 3.8) is 0 Å². The third-order valence-electron chi connectivity index (χ3n) is 2.43. The van der Waals surface area contributed by atoms with E-state index in [1.165, 1.54) is 0 Å². The molecule has 0 heterocycles. The van der Waals surface area contributed by atoms with E-state index in [2.05, 4.69) is 0 Å². The lowest BCUT2D eigenvalue weighted by molar-refractivity contribution is -0.136. The third kappa shape index (κ3) is 6.79. The largest absolute Gasteiger partial charge is 0.491 e. The molecular formula is C14H20O5. The van der Waals surface area contributed by atoms with Crippen molar-refractivity contribution in [2.24, 2.45) is 0 Å². The number of rotatable bonds is 9. The number of aliphatic carboxylic acids is 1. The Labute approximate surface area is 113 Å². The molecule has 0 bridgehead atoms. The van der Waals surface area contributed by atoms with Crippen molar-refractivity contribution in [1.29, 1.82) is 0 Å². The SMILES string of the molecule is COCC(C)OCCOc1ccc(CC(=O)O)cc1. The summed E-state index contributed by atoms with van der Waals surface area (Å²) in [6, 6.07) is 7.02. The van der Waals surface area contributed by atoms with E-state index in [1.807, 2.05) is 6.92 Å². The first-order chi connectivity index (χ1) is 9.11. The van der Waals surface area contributed by atoms with Crippen molar-refractivity contribution >= 4 is 5.97 Å². The highest BCUT2D eigenvalue weighted by Gasteiger charge is 2.02. The molecule has 0 saturated heterocycles. The van der Waals surface area contributed by atoms with Crippen molar-refractivity contribution in [3.05, 3.63) is 29.8 Å². The highest BCUT2D eigenvalue weighted by atomic mass is 16.5. The fraction of sp³-hybridized carbons (Fsp3) is 0.500. The molecule has 0 saturated carbocycles. The van der Waals surface area contributed by atoms with Crippen LogP contribution in [0.1, 0.15) is 12.5 Å². The van der Waals surface area contributed by atoms with E-state index in [1.54, 1.807) is 31.4 Å². The average Bonchev–Trinajstić information content (AvgIpc) is 2.36. The van der Waals surface area contributed by atoms with Gasteiger partial charge in [-0.1, -0.05) is 12.1 Å². The third-order valence-corrected chi connectivity index (χ3v) is 2.43. The van der Waals surface area contributed by atoms with Crippen LogP contribution in [0.3, 0.4) is 0 Å². The van der Waals surface area contributed by atoms with Crippen LogP contribution < -0.4 is 4.74 Å². The Morgan fingerprint density at radius 3 is 2.53 bits per heavy atom.